The predicted octanol–water partition coefficient (Wildman–Crippen LogP) is 0.925. The Balaban J connectivity index is 2.25. The second-order valence-corrected chi connectivity index (χ2v) is 4.92. The Hall–Kier alpha value is -0.835. The molecule has 1 aromatic carbocycles. The van der Waals surface area contributed by atoms with Crippen LogP contribution in [0.3, 0.4) is 0 Å². The van der Waals surface area contributed by atoms with Gasteiger partial charge in [-0.3, -0.25) is 0 Å². The van der Waals surface area contributed by atoms with Gasteiger partial charge >= 0.3 is 7.12 Å². The summed E-state index contributed by atoms with van der Waals surface area (Å²) in [4.78, 5) is 0. The van der Waals surface area contributed by atoms with Crippen molar-refractivity contribution in [2.45, 2.75) is 32.0 Å². The van der Waals surface area contributed by atoms with Gasteiger partial charge in [0.1, 0.15) is 0 Å². The van der Waals surface area contributed by atoms with E-state index in [1.165, 1.54) is 0 Å². The molecule has 0 radical (unpaired) electrons. The zero-order valence-corrected chi connectivity index (χ0v) is 10.1. The second kappa shape index (κ2) is 3.88. The molecule has 1 fully saturated rings. The lowest BCUT2D eigenvalue weighted by atomic mass is 9.79. The van der Waals surface area contributed by atoms with Crippen LogP contribution in [0.1, 0.15) is 20.8 Å². The van der Waals surface area contributed by atoms with Gasteiger partial charge in [0.05, 0.1) is 11.2 Å². The highest BCUT2D eigenvalue weighted by atomic mass is 16.7. The van der Waals surface area contributed by atoms with Crippen LogP contribution < -0.4 is 11.2 Å². The standard InChI is InChI=1S/C12H18BNO2/c1-11(2)12(3,9-14)16-13(15-11)10-7-5-4-6-8-10/h4-8H,9,14H2,1-3H3/t12-/m0/s1. The predicted molar refractivity (Wildman–Crippen MR) is 65.5 cm³/mol. The maximum atomic E-state index is 5.95. The Bertz CT molecular complexity index is 369. The third kappa shape index (κ3) is 1.77. The Morgan fingerprint density at radius 3 is 2.25 bits per heavy atom. The quantitative estimate of drug-likeness (QED) is 0.752. The van der Waals surface area contributed by atoms with E-state index in [0.717, 1.165) is 5.46 Å². The maximum absolute atomic E-state index is 5.95. The maximum Gasteiger partial charge on any atom is 0.494 e. The summed E-state index contributed by atoms with van der Waals surface area (Å²) in [5.74, 6) is 0. The lowest BCUT2D eigenvalue weighted by molar-refractivity contribution is -0.00187. The zero-order valence-electron chi connectivity index (χ0n) is 10.1. The summed E-state index contributed by atoms with van der Waals surface area (Å²) in [6.45, 7) is 6.48. The molecule has 86 valence electrons. The Morgan fingerprint density at radius 1 is 1.12 bits per heavy atom. The van der Waals surface area contributed by atoms with Gasteiger partial charge in [0.25, 0.3) is 0 Å². The SMILES string of the molecule is CC1(C)OB(c2ccccc2)O[C@@]1(C)CN. The van der Waals surface area contributed by atoms with Gasteiger partial charge in [-0.2, -0.15) is 0 Å². The molecule has 16 heavy (non-hydrogen) atoms. The van der Waals surface area contributed by atoms with Crippen molar-refractivity contribution in [1.29, 1.82) is 0 Å². The summed E-state index contributed by atoms with van der Waals surface area (Å²) < 4.78 is 11.9. The molecule has 1 aliphatic heterocycles. The molecular formula is C12H18BNO2. The summed E-state index contributed by atoms with van der Waals surface area (Å²) in [5, 5.41) is 0. The smallest absolute Gasteiger partial charge is 0.399 e. The minimum Gasteiger partial charge on any atom is -0.399 e. The van der Waals surface area contributed by atoms with Crippen molar-refractivity contribution >= 4 is 12.6 Å². The number of rotatable bonds is 2. The molecule has 0 amide bonds. The molecule has 0 saturated carbocycles. The van der Waals surface area contributed by atoms with Gasteiger partial charge in [0.2, 0.25) is 0 Å². The summed E-state index contributed by atoms with van der Waals surface area (Å²) in [7, 11) is -0.315. The Morgan fingerprint density at radius 2 is 1.75 bits per heavy atom. The van der Waals surface area contributed by atoms with Crippen LogP contribution in [0.15, 0.2) is 30.3 Å². The monoisotopic (exact) mass is 219 g/mol. The van der Waals surface area contributed by atoms with Gasteiger partial charge in [0, 0.05) is 6.54 Å². The first-order chi connectivity index (χ1) is 7.48. The van der Waals surface area contributed by atoms with E-state index in [9.17, 15) is 0 Å². The van der Waals surface area contributed by atoms with Crippen LogP contribution in [0.2, 0.25) is 0 Å². The number of nitrogens with two attached hydrogens (primary N) is 1. The minimum atomic E-state index is -0.437. The summed E-state index contributed by atoms with van der Waals surface area (Å²) in [6, 6.07) is 9.94. The van der Waals surface area contributed by atoms with Crippen LogP contribution in [-0.2, 0) is 9.31 Å². The molecule has 3 nitrogen and oxygen atoms in total. The Kier molecular flexibility index (Phi) is 2.82. The number of benzene rings is 1. The minimum absolute atomic E-state index is 0.315. The van der Waals surface area contributed by atoms with E-state index in [1.54, 1.807) is 0 Å². The van der Waals surface area contributed by atoms with E-state index < -0.39 is 5.60 Å². The zero-order chi connectivity index (χ0) is 11.8. The first-order valence-electron chi connectivity index (χ1n) is 5.59. The van der Waals surface area contributed by atoms with Gasteiger partial charge in [0.15, 0.2) is 0 Å². The van der Waals surface area contributed by atoms with Crippen molar-refractivity contribution in [1.82, 2.24) is 0 Å². The third-order valence-corrected chi connectivity index (χ3v) is 3.50. The van der Waals surface area contributed by atoms with Crippen LogP contribution in [0.4, 0.5) is 0 Å². The normalized spacial score (nSPS) is 28.4. The van der Waals surface area contributed by atoms with E-state index >= 15 is 0 Å². The van der Waals surface area contributed by atoms with Gasteiger partial charge in [-0.15, -0.1) is 0 Å². The Labute approximate surface area is 97.1 Å². The van der Waals surface area contributed by atoms with Crippen LogP contribution in [0.5, 0.6) is 0 Å². The van der Waals surface area contributed by atoms with Crippen LogP contribution in [0.25, 0.3) is 0 Å². The van der Waals surface area contributed by atoms with Gasteiger partial charge in [-0.05, 0) is 26.2 Å². The molecule has 1 aliphatic rings. The third-order valence-electron chi connectivity index (χ3n) is 3.50. The lowest BCUT2D eigenvalue weighted by Crippen LogP contribution is -2.50. The van der Waals surface area contributed by atoms with E-state index in [-0.39, 0.29) is 12.7 Å². The van der Waals surface area contributed by atoms with E-state index in [4.69, 9.17) is 15.0 Å². The summed E-state index contributed by atoms with van der Waals surface area (Å²) in [5.41, 5.74) is 6.00. The highest BCUT2D eigenvalue weighted by Gasteiger charge is 2.53. The fourth-order valence-electron chi connectivity index (χ4n) is 1.83. The van der Waals surface area contributed by atoms with Crippen LogP contribution >= 0.6 is 0 Å². The molecule has 1 atom stereocenters. The first kappa shape index (κ1) is 11.6. The van der Waals surface area contributed by atoms with Crippen molar-refractivity contribution in [3.8, 4) is 0 Å². The molecule has 0 spiro atoms. The molecule has 1 saturated heterocycles. The van der Waals surface area contributed by atoms with Crippen molar-refractivity contribution in [2.75, 3.05) is 6.54 Å². The van der Waals surface area contributed by atoms with Crippen molar-refractivity contribution in [2.24, 2.45) is 5.73 Å². The van der Waals surface area contributed by atoms with Gasteiger partial charge in [-0.25, -0.2) is 0 Å². The summed E-state index contributed by atoms with van der Waals surface area (Å²) in [6.07, 6.45) is 0. The topological polar surface area (TPSA) is 44.5 Å². The first-order valence-corrected chi connectivity index (χ1v) is 5.59. The molecule has 1 heterocycles. The second-order valence-electron chi connectivity index (χ2n) is 4.92. The fourth-order valence-corrected chi connectivity index (χ4v) is 1.83. The number of hydrogen-bond acceptors (Lipinski definition) is 3. The highest BCUT2D eigenvalue weighted by Crippen LogP contribution is 2.36. The van der Waals surface area contributed by atoms with Crippen molar-refractivity contribution in [3.05, 3.63) is 30.3 Å². The lowest BCUT2D eigenvalue weighted by Gasteiger charge is -2.35. The molecule has 2 rings (SSSR count). The average molecular weight is 219 g/mol. The molecule has 0 aromatic heterocycles. The van der Waals surface area contributed by atoms with E-state index in [2.05, 4.69) is 0 Å². The fraction of sp³-hybridized carbons (Fsp3) is 0.500. The average Bonchev–Trinajstić information content (AvgIpc) is 2.52. The van der Waals surface area contributed by atoms with E-state index in [1.807, 2.05) is 51.1 Å². The molecule has 0 bridgehead atoms. The number of hydrogen-bond donors (Lipinski definition) is 1. The van der Waals surface area contributed by atoms with Crippen molar-refractivity contribution in [3.63, 3.8) is 0 Å². The molecule has 1 aromatic rings. The van der Waals surface area contributed by atoms with Crippen LogP contribution in [-0.4, -0.2) is 24.9 Å². The molecule has 0 unspecified atom stereocenters. The van der Waals surface area contributed by atoms with Crippen molar-refractivity contribution < 1.29 is 9.31 Å². The highest BCUT2D eigenvalue weighted by molar-refractivity contribution is 6.62. The molecular weight excluding hydrogens is 201 g/mol. The van der Waals surface area contributed by atoms with Gasteiger partial charge < -0.3 is 15.0 Å². The molecule has 0 aliphatic carbocycles. The van der Waals surface area contributed by atoms with Crippen LogP contribution in [0, 0.1) is 0 Å². The van der Waals surface area contributed by atoms with Gasteiger partial charge in [-0.1, -0.05) is 30.3 Å². The summed E-state index contributed by atoms with van der Waals surface area (Å²) >= 11 is 0. The largest absolute Gasteiger partial charge is 0.494 e. The molecule has 2 N–H and O–H groups in total. The van der Waals surface area contributed by atoms with E-state index in [0.29, 0.717) is 6.54 Å². The molecule has 4 heteroatoms.